The van der Waals surface area contributed by atoms with Crippen molar-refractivity contribution < 1.29 is 0 Å². The van der Waals surface area contributed by atoms with Gasteiger partial charge in [-0.25, -0.2) is 0 Å². The van der Waals surface area contributed by atoms with Gasteiger partial charge in [-0.1, -0.05) is 0 Å². The first kappa shape index (κ1) is 12.3. The maximum Gasteiger partial charge on any atom is 0.0315 e. The van der Waals surface area contributed by atoms with Crippen LogP contribution in [0, 0.1) is 20.8 Å². The number of thiophene rings is 1. The third-order valence-electron chi connectivity index (χ3n) is 2.92. The van der Waals surface area contributed by atoms with Gasteiger partial charge in [0.2, 0.25) is 0 Å². The molecule has 0 fully saturated rings. The summed E-state index contributed by atoms with van der Waals surface area (Å²) in [6.07, 6.45) is 3.78. The SMILES string of the molecule is Cc1cc(CNCc2cnccc2C)c(C)s1. The average molecular weight is 246 g/mol. The molecule has 0 bridgehead atoms. The largest absolute Gasteiger partial charge is 0.309 e. The lowest BCUT2D eigenvalue weighted by molar-refractivity contribution is 0.688. The van der Waals surface area contributed by atoms with Crippen LogP contribution in [-0.2, 0) is 13.1 Å². The molecule has 0 aromatic carbocycles. The summed E-state index contributed by atoms with van der Waals surface area (Å²) in [4.78, 5) is 6.96. The highest BCUT2D eigenvalue weighted by molar-refractivity contribution is 7.12. The minimum Gasteiger partial charge on any atom is -0.309 e. The van der Waals surface area contributed by atoms with E-state index in [0.717, 1.165) is 13.1 Å². The second-order valence-electron chi connectivity index (χ2n) is 4.34. The molecule has 2 aromatic rings. The fraction of sp³-hybridized carbons (Fsp3) is 0.357. The van der Waals surface area contributed by atoms with E-state index in [4.69, 9.17) is 0 Å². The molecule has 90 valence electrons. The first-order valence-corrected chi connectivity index (χ1v) is 6.64. The normalized spacial score (nSPS) is 10.8. The van der Waals surface area contributed by atoms with Crippen LogP contribution in [0.4, 0.5) is 0 Å². The van der Waals surface area contributed by atoms with E-state index in [1.54, 1.807) is 0 Å². The Balaban J connectivity index is 1.92. The number of hydrogen-bond donors (Lipinski definition) is 1. The maximum absolute atomic E-state index is 4.15. The van der Waals surface area contributed by atoms with Crippen molar-refractivity contribution in [1.29, 1.82) is 0 Å². The summed E-state index contributed by atoms with van der Waals surface area (Å²) >= 11 is 1.87. The second-order valence-corrected chi connectivity index (χ2v) is 5.80. The number of aromatic nitrogens is 1. The number of pyridine rings is 1. The Bertz CT molecular complexity index is 503. The van der Waals surface area contributed by atoms with Gasteiger partial charge in [0.15, 0.2) is 0 Å². The summed E-state index contributed by atoms with van der Waals surface area (Å²) in [7, 11) is 0. The Morgan fingerprint density at radius 3 is 2.59 bits per heavy atom. The Hall–Kier alpha value is -1.19. The molecule has 0 aliphatic rings. The summed E-state index contributed by atoms with van der Waals surface area (Å²) in [5.41, 5.74) is 3.98. The minimum atomic E-state index is 0.883. The zero-order chi connectivity index (χ0) is 12.3. The molecular formula is C14H18N2S. The van der Waals surface area contributed by atoms with Crippen LogP contribution in [-0.4, -0.2) is 4.98 Å². The molecule has 2 aromatic heterocycles. The molecule has 2 heterocycles. The van der Waals surface area contributed by atoms with Crippen molar-refractivity contribution in [3.63, 3.8) is 0 Å². The zero-order valence-electron chi connectivity index (χ0n) is 10.6. The molecule has 0 aliphatic heterocycles. The molecule has 2 rings (SSSR count). The van der Waals surface area contributed by atoms with Gasteiger partial charge in [-0.15, -0.1) is 11.3 Å². The van der Waals surface area contributed by atoms with Crippen molar-refractivity contribution in [1.82, 2.24) is 10.3 Å². The van der Waals surface area contributed by atoms with Gasteiger partial charge in [-0.2, -0.15) is 0 Å². The molecule has 0 atom stereocenters. The van der Waals surface area contributed by atoms with Crippen molar-refractivity contribution in [3.05, 3.63) is 51.0 Å². The molecule has 3 heteroatoms. The predicted octanol–water partition coefficient (Wildman–Crippen LogP) is 3.36. The first-order chi connectivity index (χ1) is 8.16. The molecule has 0 unspecified atom stereocenters. The standard InChI is InChI=1S/C14H18N2S/c1-10-4-5-15-8-14(10)9-16-7-13-6-11(2)17-12(13)3/h4-6,8,16H,7,9H2,1-3H3. The van der Waals surface area contributed by atoms with Crippen molar-refractivity contribution >= 4 is 11.3 Å². The highest BCUT2D eigenvalue weighted by Crippen LogP contribution is 2.20. The minimum absolute atomic E-state index is 0.883. The number of aryl methyl sites for hydroxylation is 3. The van der Waals surface area contributed by atoms with Crippen LogP contribution in [0.25, 0.3) is 0 Å². The molecule has 0 spiro atoms. The smallest absolute Gasteiger partial charge is 0.0315 e. The van der Waals surface area contributed by atoms with Crippen molar-refractivity contribution in [2.45, 2.75) is 33.9 Å². The molecule has 1 N–H and O–H groups in total. The monoisotopic (exact) mass is 246 g/mol. The lowest BCUT2D eigenvalue weighted by Crippen LogP contribution is -2.13. The van der Waals surface area contributed by atoms with Crippen LogP contribution in [0.3, 0.4) is 0 Å². The average Bonchev–Trinajstić information content (AvgIpc) is 2.60. The molecule has 0 saturated heterocycles. The fourth-order valence-corrected chi connectivity index (χ4v) is 2.82. The van der Waals surface area contributed by atoms with Gasteiger partial charge < -0.3 is 5.32 Å². The number of rotatable bonds is 4. The molecular weight excluding hydrogens is 228 g/mol. The van der Waals surface area contributed by atoms with E-state index in [1.165, 1.54) is 26.4 Å². The molecule has 0 saturated carbocycles. The van der Waals surface area contributed by atoms with Crippen molar-refractivity contribution in [3.8, 4) is 0 Å². The van der Waals surface area contributed by atoms with Crippen molar-refractivity contribution in [2.75, 3.05) is 0 Å². The van der Waals surface area contributed by atoms with Crippen LogP contribution < -0.4 is 5.32 Å². The van der Waals surface area contributed by atoms with E-state index >= 15 is 0 Å². The Kier molecular flexibility index (Phi) is 3.92. The Morgan fingerprint density at radius 1 is 1.18 bits per heavy atom. The summed E-state index contributed by atoms with van der Waals surface area (Å²) in [6, 6.07) is 4.32. The van der Waals surface area contributed by atoms with Crippen LogP contribution in [0.2, 0.25) is 0 Å². The van der Waals surface area contributed by atoms with E-state index in [-0.39, 0.29) is 0 Å². The highest BCUT2D eigenvalue weighted by atomic mass is 32.1. The topological polar surface area (TPSA) is 24.9 Å². The van der Waals surface area contributed by atoms with Crippen LogP contribution in [0.5, 0.6) is 0 Å². The summed E-state index contributed by atoms with van der Waals surface area (Å²) in [5.74, 6) is 0. The van der Waals surface area contributed by atoms with Gasteiger partial charge in [0, 0.05) is 35.2 Å². The summed E-state index contributed by atoms with van der Waals surface area (Å²) in [5, 5.41) is 3.48. The second kappa shape index (κ2) is 5.43. The molecule has 0 radical (unpaired) electrons. The lowest BCUT2D eigenvalue weighted by Gasteiger charge is -2.06. The van der Waals surface area contributed by atoms with Gasteiger partial charge in [0.1, 0.15) is 0 Å². The van der Waals surface area contributed by atoms with E-state index in [1.807, 2.05) is 23.7 Å². The van der Waals surface area contributed by atoms with Crippen LogP contribution in [0.1, 0.15) is 26.4 Å². The van der Waals surface area contributed by atoms with E-state index in [2.05, 4.69) is 43.2 Å². The lowest BCUT2D eigenvalue weighted by atomic mass is 10.1. The van der Waals surface area contributed by atoms with Crippen LogP contribution >= 0.6 is 11.3 Å². The third kappa shape index (κ3) is 3.14. The van der Waals surface area contributed by atoms with E-state index in [9.17, 15) is 0 Å². The first-order valence-electron chi connectivity index (χ1n) is 5.83. The van der Waals surface area contributed by atoms with Gasteiger partial charge in [0.25, 0.3) is 0 Å². The summed E-state index contributed by atoms with van der Waals surface area (Å²) in [6.45, 7) is 8.29. The van der Waals surface area contributed by atoms with Gasteiger partial charge in [0.05, 0.1) is 0 Å². The van der Waals surface area contributed by atoms with Crippen LogP contribution in [0.15, 0.2) is 24.5 Å². The van der Waals surface area contributed by atoms with Gasteiger partial charge in [-0.05, 0) is 49.6 Å². The summed E-state index contributed by atoms with van der Waals surface area (Å²) < 4.78 is 0. The number of nitrogens with one attached hydrogen (secondary N) is 1. The molecule has 2 nitrogen and oxygen atoms in total. The Morgan fingerprint density at radius 2 is 1.94 bits per heavy atom. The molecule has 0 aliphatic carbocycles. The van der Waals surface area contributed by atoms with Gasteiger partial charge >= 0.3 is 0 Å². The zero-order valence-corrected chi connectivity index (χ0v) is 11.4. The van der Waals surface area contributed by atoms with Gasteiger partial charge in [-0.3, -0.25) is 4.98 Å². The quantitative estimate of drug-likeness (QED) is 0.894. The third-order valence-corrected chi connectivity index (χ3v) is 3.93. The van der Waals surface area contributed by atoms with Crippen molar-refractivity contribution in [2.24, 2.45) is 0 Å². The van der Waals surface area contributed by atoms with E-state index < -0.39 is 0 Å². The molecule has 17 heavy (non-hydrogen) atoms. The number of hydrogen-bond acceptors (Lipinski definition) is 3. The fourth-order valence-electron chi connectivity index (χ4n) is 1.87. The predicted molar refractivity (Wildman–Crippen MR) is 73.3 cm³/mol. The number of nitrogens with zero attached hydrogens (tertiary/aromatic N) is 1. The maximum atomic E-state index is 4.15. The highest BCUT2D eigenvalue weighted by Gasteiger charge is 2.03. The molecule has 0 amide bonds. The Labute approximate surface area is 107 Å². The van der Waals surface area contributed by atoms with E-state index in [0.29, 0.717) is 0 Å².